The highest BCUT2D eigenvalue weighted by Crippen LogP contribution is 2.37. The Balaban J connectivity index is 2.20. The Kier molecular flexibility index (Phi) is 4.36. The van der Waals surface area contributed by atoms with E-state index in [9.17, 15) is 9.90 Å². The van der Waals surface area contributed by atoms with Crippen LogP contribution in [0.15, 0.2) is 46.9 Å². The van der Waals surface area contributed by atoms with Crippen LogP contribution in [0.1, 0.15) is 11.1 Å². The minimum atomic E-state index is -0.180. The maximum atomic E-state index is 12.5. The Morgan fingerprint density at radius 2 is 2.09 bits per heavy atom. The number of nitrogens with two attached hydrogens (primary N) is 1. The van der Waals surface area contributed by atoms with Gasteiger partial charge in [0, 0.05) is 34.4 Å². The number of carbonyl (C=O) groups excluding carboxylic acids is 1. The van der Waals surface area contributed by atoms with E-state index >= 15 is 0 Å². The van der Waals surface area contributed by atoms with Crippen molar-refractivity contribution < 1.29 is 9.90 Å². The van der Waals surface area contributed by atoms with Crippen LogP contribution in [0.3, 0.4) is 0 Å². The number of hydrogen-bond acceptors (Lipinski definition) is 4. The number of phenolic OH excluding ortho intramolecular Hbond substituents is 1. The van der Waals surface area contributed by atoms with Crippen LogP contribution < -0.4 is 16.4 Å². The van der Waals surface area contributed by atoms with Crippen molar-refractivity contribution in [3.8, 4) is 5.75 Å². The molecule has 1 aliphatic heterocycles. The number of halogens is 1. The molecule has 3 rings (SSSR count). The summed E-state index contributed by atoms with van der Waals surface area (Å²) in [5, 5.41) is 15.8. The third-order valence-corrected chi connectivity index (χ3v) is 4.05. The highest BCUT2D eigenvalue weighted by atomic mass is 79.9. The molecule has 2 aromatic carbocycles. The zero-order valence-corrected chi connectivity index (χ0v) is 13.9. The molecule has 0 saturated heterocycles. The van der Waals surface area contributed by atoms with Gasteiger partial charge in [-0.2, -0.15) is 0 Å². The highest BCUT2D eigenvalue weighted by Gasteiger charge is 2.28. The molecule has 1 amide bonds. The van der Waals surface area contributed by atoms with E-state index in [1.165, 1.54) is 0 Å². The van der Waals surface area contributed by atoms with Crippen LogP contribution in [0.5, 0.6) is 5.75 Å². The van der Waals surface area contributed by atoms with Gasteiger partial charge in [0.1, 0.15) is 5.75 Å². The van der Waals surface area contributed by atoms with Crippen LogP contribution in [0, 0.1) is 0 Å². The van der Waals surface area contributed by atoms with Crippen molar-refractivity contribution in [3.05, 3.63) is 58.1 Å². The summed E-state index contributed by atoms with van der Waals surface area (Å²) < 4.78 is 0.888. The minimum Gasteiger partial charge on any atom is -0.508 e. The number of phenols is 1. The van der Waals surface area contributed by atoms with Crippen LogP contribution in [0.4, 0.5) is 5.69 Å². The van der Waals surface area contributed by atoms with E-state index in [0.717, 1.165) is 21.3 Å². The van der Waals surface area contributed by atoms with Crippen molar-refractivity contribution in [1.29, 1.82) is 0 Å². The SMILES string of the molecule is NCCN/C(=C1\C(=O)Nc2ccc(Br)cc21)c1cccc(O)c1. The van der Waals surface area contributed by atoms with Gasteiger partial charge in [0.25, 0.3) is 5.91 Å². The first-order valence-electron chi connectivity index (χ1n) is 7.19. The summed E-state index contributed by atoms with van der Waals surface area (Å²) in [5.74, 6) is -0.0380. The first-order chi connectivity index (χ1) is 11.1. The highest BCUT2D eigenvalue weighted by molar-refractivity contribution is 9.10. The van der Waals surface area contributed by atoms with E-state index in [0.29, 0.717) is 24.4 Å². The molecule has 1 aliphatic rings. The molecular formula is C17H16BrN3O2. The molecule has 0 bridgehead atoms. The number of amides is 1. The van der Waals surface area contributed by atoms with Gasteiger partial charge in [0.2, 0.25) is 0 Å². The smallest absolute Gasteiger partial charge is 0.258 e. The number of nitrogens with one attached hydrogen (secondary N) is 2. The maximum absolute atomic E-state index is 12.5. The summed E-state index contributed by atoms with van der Waals surface area (Å²) in [6.45, 7) is 0.952. The monoisotopic (exact) mass is 373 g/mol. The summed E-state index contributed by atoms with van der Waals surface area (Å²) in [5.41, 5.74) is 9.10. The predicted molar refractivity (Wildman–Crippen MR) is 94.7 cm³/mol. The molecule has 6 heteroatoms. The topological polar surface area (TPSA) is 87.4 Å². The van der Waals surface area contributed by atoms with Crippen molar-refractivity contribution in [1.82, 2.24) is 5.32 Å². The summed E-state index contributed by atoms with van der Waals surface area (Å²) >= 11 is 3.44. The average molecular weight is 374 g/mol. The normalized spacial score (nSPS) is 15.1. The van der Waals surface area contributed by atoms with Gasteiger partial charge in [-0.3, -0.25) is 4.79 Å². The Hall–Kier alpha value is -2.31. The molecule has 0 fully saturated rings. The predicted octanol–water partition coefficient (Wildman–Crippen LogP) is 2.52. The molecule has 118 valence electrons. The Morgan fingerprint density at radius 1 is 1.26 bits per heavy atom. The molecule has 23 heavy (non-hydrogen) atoms. The van der Waals surface area contributed by atoms with Crippen molar-refractivity contribution in [2.75, 3.05) is 18.4 Å². The van der Waals surface area contributed by atoms with E-state index in [1.807, 2.05) is 24.3 Å². The van der Waals surface area contributed by atoms with Crippen LogP contribution in [-0.4, -0.2) is 24.1 Å². The van der Waals surface area contributed by atoms with Gasteiger partial charge in [-0.15, -0.1) is 0 Å². The lowest BCUT2D eigenvalue weighted by molar-refractivity contribution is -0.110. The van der Waals surface area contributed by atoms with Crippen molar-refractivity contribution >= 4 is 38.8 Å². The second-order valence-electron chi connectivity index (χ2n) is 5.16. The molecular weight excluding hydrogens is 358 g/mol. The second-order valence-corrected chi connectivity index (χ2v) is 6.08. The van der Waals surface area contributed by atoms with Gasteiger partial charge >= 0.3 is 0 Å². The fourth-order valence-electron chi connectivity index (χ4n) is 2.58. The van der Waals surface area contributed by atoms with Crippen LogP contribution in [0.25, 0.3) is 11.3 Å². The average Bonchev–Trinajstić information content (AvgIpc) is 2.84. The molecule has 0 radical (unpaired) electrons. The van der Waals surface area contributed by atoms with Gasteiger partial charge in [-0.05, 0) is 30.3 Å². The van der Waals surface area contributed by atoms with Crippen LogP contribution in [0.2, 0.25) is 0 Å². The Labute approximate surface area is 142 Å². The molecule has 0 spiro atoms. The van der Waals surface area contributed by atoms with Crippen molar-refractivity contribution in [2.24, 2.45) is 5.73 Å². The first kappa shape index (κ1) is 15.6. The number of hydrogen-bond donors (Lipinski definition) is 4. The third kappa shape index (κ3) is 3.09. The Bertz CT molecular complexity index is 802. The van der Waals surface area contributed by atoms with Gasteiger partial charge in [-0.1, -0.05) is 28.1 Å². The number of anilines is 1. The molecule has 0 saturated carbocycles. The second kappa shape index (κ2) is 6.44. The zero-order valence-electron chi connectivity index (χ0n) is 12.3. The number of fused-ring (bicyclic) bond motifs is 1. The molecule has 0 unspecified atom stereocenters. The van der Waals surface area contributed by atoms with E-state index in [4.69, 9.17) is 5.73 Å². The molecule has 2 aromatic rings. The van der Waals surface area contributed by atoms with E-state index < -0.39 is 0 Å². The lowest BCUT2D eigenvalue weighted by Crippen LogP contribution is -2.23. The Morgan fingerprint density at radius 3 is 2.83 bits per heavy atom. The van der Waals surface area contributed by atoms with Gasteiger partial charge < -0.3 is 21.5 Å². The van der Waals surface area contributed by atoms with Crippen LogP contribution in [-0.2, 0) is 4.79 Å². The number of carbonyl (C=O) groups is 1. The molecule has 5 N–H and O–H groups in total. The summed E-state index contributed by atoms with van der Waals surface area (Å²) in [4.78, 5) is 12.5. The third-order valence-electron chi connectivity index (χ3n) is 3.56. The van der Waals surface area contributed by atoms with Crippen LogP contribution >= 0.6 is 15.9 Å². The number of benzene rings is 2. The summed E-state index contributed by atoms with van der Waals surface area (Å²) in [6.07, 6.45) is 0. The van der Waals surface area contributed by atoms with Crippen molar-refractivity contribution in [3.63, 3.8) is 0 Å². The molecule has 0 aliphatic carbocycles. The lowest BCUT2D eigenvalue weighted by atomic mass is 10.00. The fourth-order valence-corrected chi connectivity index (χ4v) is 2.94. The van der Waals surface area contributed by atoms with E-state index in [-0.39, 0.29) is 11.7 Å². The lowest BCUT2D eigenvalue weighted by Gasteiger charge is -2.14. The zero-order chi connectivity index (χ0) is 16.4. The quantitative estimate of drug-likeness (QED) is 0.620. The number of aromatic hydroxyl groups is 1. The molecule has 0 aromatic heterocycles. The largest absolute Gasteiger partial charge is 0.508 e. The fraction of sp³-hybridized carbons (Fsp3) is 0.118. The van der Waals surface area contributed by atoms with Gasteiger partial charge in [0.05, 0.1) is 11.3 Å². The van der Waals surface area contributed by atoms with Gasteiger partial charge in [-0.25, -0.2) is 0 Å². The standard InChI is InChI=1S/C17H16BrN3O2/c18-11-4-5-14-13(9-11)15(17(23)21-14)16(20-7-6-19)10-2-1-3-12(22)8-10/h1-5,8-9,20,22H,6-7,19H2,(H,21,23)/b16-15-. The summed E-state index contributed by atoms with van der Waals surface area (Å²) in [6, 6.07) is 12.4. The first-order valence-corrected chi connectivity index (χ1v) is 7.98. The molecule has 1 heterocycles. The van der Waals surface area contributed by atoms with E-state index in [1.54, 1.807) is 18.2 Å². The maximum Gasteiger partial charge on any atom is 0.258 e. The summed E-state index contributed by atoms with van der Waals surface area (Å²) in [7, 11) is 0. The molecule has 0 atom stereocenters. The van der Waals surface area contributed by atoms with Crippen molar-refractivity contribution in [2.45, 2.75) is 0 Å². The molecule has 5 nitrogen and oxygen atoms in total. The minimum absolute atomic E-state index is 0.142. The van der Waals surface area contributed by atoms with Gasteiger partial charge in [0.15, 0.2) is 0 Å². The van der Waals surface area contributed by atoms with E-state index in [2.05, 4.69) is 26.6 Å². The number of rotatable bonds is 4.